The van der Waals surface area contributed by atoms with E-state index >= 15 is 0 Å². The molecule has 2 atom stereocenters. The monoisotopic (exact) mass is 247 g/mol. The van der Waals surface area contributed by atoms with E-state index in [1.807, 2.05) is 0 Å². The lowest BCUT2D eigenvalue weighted by Crippen LogP contribution is -2.48. The van der Waals surface area contributed by atoms with Crippen molar-refractivity contribution in [3.8, 4) is 0 Å². The minimum atomic E-state index is -0.447. The zero-order valence-electron chi connectivity index (χ0n) is 10.6. The van der Waals surface area contributed by atoms with Crippen LogP contribution in [0.2, 0.25) is 0 Å². The molecule has 1 aromatic carbocycles. The number of fused-ring (bicyclic) bond motifs is 1. The molecule has 0 aromatic heterocycles. The van der Waals surface area contributed by atoms with Crippen molar-refractivity contribution in [3.05, 3.63) is 35.4 Å². The Morgan fingerprint density at radius 2 is 2.00 bits per heavy atom. The first-order valence-corrected chi connectivity index (χ1v) is 6.82. The molecule has 2 unspecified atom stereocenters. The second-order valence-electron chi connectivity index (χ2n) is 5.69. The number of rotatable bonds is 3. The summed E-state index contributed by atoms with van der Waals surface area (Å²) in [6.07, 6.45) is 3.29. The van der Waals surface area contributed by atoms with Crippen molar-refractivity contribution in [1.29, 1.82) is 0 Å². The summed E-state index contributed by atoms with van der Waals surface area (Å²) in [5.74, 6) is 0. The molecular formula is C15H21NO2. The molecular weight excluding hydrogens is 226 g/mol. The predicted octanol–water partition coefficient (Wildman–Crippen LogP) is 1.27. The van der Waals surface area contributed by atoms with Gasteiger partial charge in [0.25, 0.3) is 0 Å². The molecule has 1 fully saturated rings. The number of hydrogen-bond donors (Lipinski definition) is 2. The maximum Gasteiger partial charge on any atom is 0.0876 e. The molecule has 18 heavy (non-hydrogen) atoms. The molecule has 0 bridgehead atoms. The molecule has 0 radical (unpaired) electrons. The van der Waals surface area contributed by atoms with Crippen LogP contribution >= 0.6 is 0 Å². The van der Waals surface area contributed by atoms with Crippen LogP contribution in [0.5, 0.6) is 0 Å². The van der Waals surface area contributed by atoms with E-state index in [1.54, 1.807) is 0 Å². The fourth-order valence-electron chi connectivity index (χ4n) is 3.44. The van der Waals surface area contributed by atoms with E-state index in [-0.39, 0.29) is 11.5 Å². The molecule has 3 nitrogen and oxygen atoms in total. The van der Waals surface area contributed by atoms with Crippen molar-refractivity contribution < 1.29 is 9.84 Å². The van der Waals surface area contributed by atoms with Crippen LogP contribution in [0.15, 0.2) is 24.3 Å². The van der Waals surface area contributed by atoms with Gasteiger partial charge in [-0.15, -0.1) is 0 Å². The molecule has 1 aromatic rings. The van der Waals surface area contributed by atoms with E-state index < -0.39 is 6.10 Å². The number of hydrogen-bond acceptors (Lipinski definition) is 3. The van der Waals surface area contributed by atoms with Crippen molar-refractivity contribution in [1.82, 2.24) is 0 Å². The van der Waals surface area contributed by atoms with Gasteiger partial charge in [0.15, 0.2) is 0 Å². The average Bonchev–Trinajstić information content (AvgIpc) is 3.05. The normalized spacial score (nSPS) is 27.1. The molecule has 1 saturated heterocycles. The Balaban J connectivity index is 1.84. The van der Waals surface area contributed by atoms with Gasteiger partial charge in [-0.05, 0) is 36.8 Å². The molecule has 0 amide bonds. The van der Waals surface area contributed by atoms with Gasteiger partial charge >= 0.3 is 0 Å². The summed E-state index contributed by atoms with van der Waals surface area (Å²) in [7, 11) is 0. The SMILES string of the molecule is NCC1(C(O)C2CCCO2)Cc2ccccc2C1. The van der Waals surface area contributed by atoms with Crippen molar-refractivity contribution in [3.63, 3.8) is 0 Å². The highest BCUT2D eigenvalue weighted by molar-refractivity contribution is 5.35. The maximum atomic E-state index is 10.7. The Kier molecular flexibility index (Phi) is 3.14. The topological polar surface area (TPSA) is 55.5 Å². The van der Waals surface area contributed by atoms with Gasteiger partial charge in [-0.3, -0.25) is 0 Å². The van der Waals surface area contributed by atoms with Crippen LogP contribution < -0.4 is 5.73 Å². The first-order chi connectivity index (χ1) is 8.75. The summed E-state index contributed by atoms with van der Waals surface area (Å²) < 4.78 is 5.65. The van der Waals surface area contributed by atoms with Crippen LogP contribution in [0, 0.1) is 5.41 Å². The molecule has 3 N–H and O–H groups in total. The number of benzene rings is 1. The highest BCUT2D eigenvalue weighted by Gasteiger charge is 2.46. The number of nitrogens with two attached hydrogens (primary N) is 1. The van der Waals surface area contributed by atoms with E-state index in [0.29, 0.717) is 6.54 Å². The van der Waals surface area contributed by atoms with Crippen LogP contribution in [-0.4, -0.2) is 30.5 Å². The van der Waals surface area contributed by atoms with Gasteiger partial charge in [-0.25, -0.2) is 0 Å². The zero-order chi connectivity index (χ0) is 12.6. The molecule has 0 spiro atoms. The van der Waals surface area contributed by atoms with Crippen molar-refractivity contribution >= 4 is 0 Å². The Bertz CT molecular complexity index is 401. The second-order valence-corrected chi connectivity index (χ2v) is 5.69. The fraction of sp³-hybridized carbons (Fsp3) is 0.600. The summed E-state index contributed by atoms with van der Waals surface area (Å²) in [5, 5.41) is 10.7. The molecule has 98 valence electrons. The van der Waals surface area contributed by atoms with Crippen LogP contribution in [0.4, 0.5) is 0 Å². The largest absolute Gasteiger partial charge is 0.390 e. The van der Waals surface area contributed by atoms with Crippen molar-refractivity contribution in [2.45, 2.75) is 37.9 Å². The Morgan fingerprint density at radius 3 is 2.50 bits per heavy atom. The van der Waals surface area contributed by atoms with Gasteiger partial charge in [0.05, 0.1) is 12.2 Å². The number of ether oxygens (including phenoxy) is 1. The molecule has 3 rings (SSSR count). The van der Waals surface area contributed by atoms with E-state index in [0.717, 1.165) is 32.3 Å². The minimum absolute atomic E-state index is 0.0251. The lowest BCUT2D eigenvalue weighted by atomic mass is 9.76. The maximum absolute atomic E-state index is 10.7. The van der Waals surface area contributed by atoms with E-state index in [9.17, 15) is 5.11 Å². The van der Waals surface area contributed by atoms with Crippen LogP contribution in [0.3, 0.4) is 0 Å². The highest BCUT2D eigenvalue weighted by atomic mass is 16.5. The van der Waals surface area contributed by atoms with Crippen LogP contribution in [0.25, 0.3) is 0 Å². The van der Waals surface area contributed by atoms with E-state index in [4.69, 9.17) is 10.5 Å². The smallest absolute Gasteiger partial charge is 0.0876 e. The Labute approximate surface area is 108 Å². The lowest BCUT2D eigenvalue weighted by molar-refractivity contribution is -0.0683. The zero-order valence-corrected chi connectivity index (χ0v) is 10.6. The third-order valence-electron chi connectivity index (χ3n) is 4.55. The Morgan fingerprint density at radius 1 is 1.33 bits per heavy atom. The van der Waals surface area contributed by atoms with Gasteiger partial charge in [0.1, 0.15) is 0 Å². The highest BCUT2D eigenvalue weighted by Crippen LogP contribution is 2.41. The third kappa shape index (κ3) is 1.87. The minimum Gasteiger partial charge on any atom is -0.390 e. The van der Waals surface area contributed by atoms with E-state index in [2.05, 4.69) is 24.3 Å². The molecule has 2 aliphatic rings. The first kappa shape index (κ1) is 12.2. The molecule has 0 saturated carbocycles. The summed E-state index contributed by atoms with van der Waals surface area (Å²) in [5.41, 5.74) is 8.44. The second kappa shape index (κ2) is 4.65. The number of aliphatic hydroxyl groups is 1. The van der Waals surface area contributed by atoms with Gasteiger partial charge in [-0.2, -0.15) is 0 Å². The quantitative estimate of drug-likeness (QED) is 0.845. The standard InChI is InChI=1S/C15H21NO2/c16-10-15(14(17)13-6-3-7-18-13)8-11-4-1-2-5-12(11)9-15/h1-2,4-5,13-14,17H,3,6-10,16H2. The van der Waals surface area contributed by atoms with Gasteiger partial charge in [-0.1, -0.05) is 24.3 Å². The van der Waals surface area contributed by atoms with Crippen LogP contribution in [0.1, 0.15) is 24.0 Å². The predicted molar refractivity (Wildman–Crippen MR) is 70.3 cm³/mol. The van der Waals surface area contributed by atoms with Crippen LogP contribution in [-0.2, 0) is 17.6 Å². The lowest BCUT2D eigenvalue weighted by Gasteiger charge is -2.36. The molecule has 3 heteroatoms. The molecule has 1 heterocycles. The third-order valence-corrected chi connectivity index (χ3v) is 4.55. The molecule has 1 aliphatic heterocycles. The summed E-state index contributed by atoms with van der Waals surface area (Å²) >= 11 is 0. The van der Waals surface area contributed by atoms with Gasteiger partial charge in [0, 0.05) is 18.6 Å². The molecule has 1 aliphatic carbocycles. The summed E-state index contributed by atoms with van der Waals surface area (Å²) in [6, 6.07) is 8.41. The summed E-state index contributed by atoms with van der Waals surface area (Å²) in [4.78, 5) is 0. The fourth-order valence-corrected chi connectivity index (χ4v) is 3.44. The van der Waals surface area contributed by atoms with E-state index in [1.165, 1.54) is 11.1 Å². The summed E-state index contributed by atoms with van der Waals surface area (Å²) in [6.45, 7) is 1.29. The van der Waals surface area contributed by atoms with Gasteiger partial charge < -0.3 is 15.6 Å². The van der Waals surface area contributed by atoms with Crippen molar-refractivity contribution in [2.24, 2.45) is 11.1 Å². The van der Waals surface area contributed by atoms with Crippen molar-refractivity contribution in [2.75, 3.05) is 13.2 Å². The average molecular weight is 247 g/mol. The number of aliphatic hydroxyl groups excluding tert-OH is 1. The Hall–Kier alpha value is -0.900. The van der Waals surface area contributed by atoms with Gasteiger partial charge in [0.2, 0.25) is 0 Å². The first-order valence-electron chi connectivity index (χ1n) is 6.82.